The Labute approximate surface area is 225 Å². The Bertz CT molecular complexity index is 1330. The summed E-state index contributed by atoms with van der Waals surface area (Å²) in [4.78, 5) is 37.3. The van der Waals surface area contributed by atoms with Gasteiger partial charge in [-0.2, -0.15) is 0 Å². The number of ether oxygens (including phenoxy) is 3. The number of anilines is 1. The average Bonchev–Trinajstić information content (AvgIpc) is 3.43. The lowest BCUT2D eigenvalue weighted by Crippen LogP contribution is -2.17. The number of nitrogens with zero attached hydrogens (tertiary/aromatic N) is 3. The van der Waals surface area contributed by atoms with Crippen LogP contribution in [0.2, 0.25) is 5.02 Å². The number of aromatic nitrogens is 3. The summed E-state index contributed by atoms with van der Waals surface area (Å²) in [6.07, 6.45) is -0.563. The minimum absolute atomic E-state index is 0.0533. The molecule has 0 bridgehead atoms. The van der Waals surface area contributed by atoms with Gasteiger partial charge in [-0.05, 0) is 44.5 Å². The van der Waals surface area contributed by atoms with Crippen LogP contribution in [0.15, 0.2) is 23.4 Å². The molecule has 0 aliphatic heterocycles. The molecule has 0 fully saturated rings. The van der Waals surface area contributed by atoms with E-state index < -0.39 is 29.8 Å². The number of thiophene rings is 1. The third-order valence-corrected chi connectivity index (χ3v) is 7.56. The van der Waals surface area contributed by atoms with Crippen LogP contribution in [0.1, 0.15) is 51.4 Å². The summed E-state index contributed by atoms with van der Waals surface area (Å²) in [5.74, 6) is -1.47. The maximum atomic E-state index is 13.3. The first-order valence-electron chi connectivity index (χ1n) is 10.9. The highest BCUT2D eigenvalue weighted by Crippen LogP contribution is 2.35. The number of halogens is 2. The van der Waals surface area contributed by atoms with E-state index in [-0.39, 0.29) is 26.2 Å². The minimum Gasteiger partial charge on any atom is -0.481 e. The number of methoxy groups -OCH3 is 2. The number of hydrogen-bond acceptors (Lipinski definition) is 10. The van der Waals surface area contributed by atoms with Crippen LogP contribution < -0.4 is 10.1 Å². The van der Waals surface area contributed by atoms with Crippen LogP contribution in [0.4, 0.5) is 9.39 Å². The molecule has 1 amide bonds. The molecule has 3 aromatic rings. The van der Waals surface area contributed by atoms with Gasteiger partial charge in [0.05, 0.1) is 30.6 Å². The maximum Gasteiger partial charge on any atom is 0.348 e. The lowest BCUT2D eigenvalue weighted by molar-refractivity contribution is -0.113. The molecule has 10 nitrogen and oxygen atoms in total. The van der Waals surface area contributed by atoms with Crippen molar-refractivity contribution in [1.29, 1.82) is 0 Å². The molecule has 0 saturated heterocycles. The van der Waals surface area contributed by atoms with Gasteiger partial charge < -0.3 is 24.1 Å². The van der Waals surface area contributed by atoms with Crippen molar-refractivity contribution in [2.24, 2.45) is 0 Å². The Hall–Kier alpha value is -3.16. The minimum atomic E-state index is -0.683. The summed E-state index contributed by atoms with van der Waals surface area (Å²) in [5, 5.41) is 11.8. The molecule has 2 aromatic heterocycles. The molecule has 1 aromatic carbocycles. The van der Waals surface area contributed by atoms with Crippen LogP contribution in [0.25, 0.3) is 0 Å². The normalized spacial score (nSPS) is 11.6. The van der Waals surface area contributed by atoms with Gasteiger partial charge in [0.25, 0.3) is 0 Å². The molecule has 198 valence electrons. The van der Waals surface area contributed by atoms with Gasteiger partial charge in [-0.25, -0.2) is 14.0 Å². The molecular weight excluding hydrogens is 547 g/mol. The number of amides is 1. The van der Waals surface area contributed by atoms with Crippen LogP contribution >= 0.6 is 34.7 Å². The lowest BCUT2D eigenvalue weighted by atomic mass is 10.1. The maximum absolute atomic E-state index is 13.3. The Balaban J connectivity index is 1.73. The number of hydrogen-bond donors (Lipinski definition) is 1. The van der Waals surface area contributed by atoms with E-state index in [0.29, 0.717) is 28.8 Å². The van der Waals surface area contributed by atoms with Gasteiger partial charge in [-0.1, -0.05) is 23.4 Å². The number of nitrogens with one attached hydrogen (secondary N) is 1. The van der Waals surface area contributed by atoms with E-state index in [4.69, 9.17) is 25.8 Å². The van der Waals surface area contributed by atoms with Crippen molar-refractivity contribution in [2.45, 2.75) is 38.6 Å². The number of carbonyl (C=O) groups is 3. The third-order valence-electron chi connectivity index (χ3n) is 5.12. The third kappa shape index (κ3) is 6.40. The second kappa shape index (κ2) is 12.4. The zero-order valence-electron chi connectivity index (χ0n) is 20.6. The van der Waals surface area contributed by atoms with Gasteiger partial charge in [-0.3, -0.25) is 4.79 Å². The zero-order chi connectivity index (χ0) is 27.3. The number of rotatable bonds is 10. The number of esters is 2. The Morgan fingerprint density at radius 1 is 1.22 bits per heavy atom. The Morgan fingerprint density at radius 2 is 1.92 bits per heavy atom. The van der Waals surface area contributed by atoms with Crippen molar-refractivity contribution in [2.75, 3.05) is 25.3 Å². The zero-order valence-corrected chi connectivity index (χ0v) is 23.0. The molecule has 14 heteroatoms. The molecular formula is C23H24ClFN4O6S2. The molecule has 0 saturated carbocycles. The second-order valence-electron chi connectivity index (χ2n) is 7.50. The second-order valence-corrected chi connectivity index (χ2v) is 9.87. The van der Waals surface area contributed by atoms with Crippen LogP contribution in [-0.4, -0.2) is 52.6 Å². The van der Waals surface area contributed by atoms with Crippen LogP contribution in [-0.2, 0) is 20.8 Å². The predicted octanol–water partition coefficient (Wildman–Crippen LogP) is 4.90. The summed E-state index contributed by atoms with van der Waals surface area (Å²) in [7, 11) is 2.44. The van der Waals surface area contributed by atoms with Gasteiger partial charge in [0.2, 0.25) is 5.91 Å². The quantitative estimate of drug-likeness (QED) is 0.268. The summed E-state index contributed by atoms with van der Waals surface area (Å²) < 4.78 is 30.5. The highest BCUT2D eigenvalue weighted by atomic mass is 35.5. The molecule has 3 rings (SSSR count). The molecule has 1 unspecified atom stereocenters. The van der Waals surface area contributed by atoms with E-state index in [1.54, 1.807) is 18.4 Å². The summed E-state index contributed by atoms with van der Waals surface area (Å²) in [6.45, 7) is 5.71. The number of carbonyl (C=O) groups excluding carboxylic acids is 3. The molecule has 0 spiro atoms. The van der Waals surface area contributed by atoms with Crippen LogP contribution in [0, 0.1) is 12.7 Å². The van der Waals surface area contributed by atoms with Crippen molar-refractivity contribution in [3.8, 4) is 5.75 Å². The standard InChI is InChI=1S/C23H24ClFN4O6S2/c1-6-29-19(12(3)35-15-8-7-13(25)9-14(15)24)27-28-23(29)36-10-16(30)26-20-17(21(31)33-4)11(2)18(37-20)22(32)34-5/h7-9,12H,6,10H2,1-5H3,(H,26,30). The molecule has 37 heavy (non-hydrogen) atoms. The molecule has 2 heterocycles. The van der Waals surface area contributed by atoms with Crippen molar-refractivity contribution < 1.29 is 33.0 Å². The summed E-state index contributed by atoms with van der Waals surface area (Å²) in [5.41, 5.74) is 0.452. The first-order valence-corrected chi connectivity index (χ1v) is 13.1. The number of thioether (sulfide) groups is 1. The molecule has 1 atom stereocenters. The van der Waals surface area contributed by atoms with E-state index in [1.165, 1.54) is 26.4 Å². The fourth-order valence-corrected chi connectivity index (χ4v) is 5.50. The molecule has 0 aliphatic carbocycles. The number of benzene rings is 1. The van der Waals surface area contributed by atoms with Gasteiger partial charge in [0.1, 0.15) is 21.4 Å². The van der Waals surface area contributed by atoms with Crippen molar-refractivity contribution in [3.05, 3.63) is 50.9 Å². The van der Waals surface area contributed by atoms with E-state index in [9.17, 15) is 18.8 Å². The summed E-state index contributed by atoms with van der Waals surface area (Å²) in [6, 6.07) is 3.83. The SMILES string of the molecule is CCn1c(SCC(=O)Nc2sc(C(=O)OC)c(C)c2C(=O)OC)nnc1C(C)Oc1ccc(F)cc1Cl. The van der Waals surface area contributed by atoms with Gasteiger partial charge in [0.15, 0.2) is 17.1 Å². The Morgan fingerprint density at radius 3 is 2.54 bits per heavy atom. The van der Waals surface area contributed by atoms with E-state index >= 15 is 0 Å². The van der Waals surface area contributed by atoms with E-state index in [1.807, 2.05) is 6.92 Å². The highest BCUT2D eigenvalue weighted by molar-refractivity contribution is 7.99. The van der Waals surface area contributed by atoms with Crippen molar-refractivity contribution in [3.63, 3.8) is 0 Å². The van der Waals surface area contributed by atoms with Crippen molar-refractivity contribution >= 4 is 57.5 Å². The fourth-order valence-electron chi connectivity index (χ4n) is 3.35. The smallest absolute Gasteiger partial charge is 0.348 e. The topological polar surface area (TPSA) is 122 Å². The predicted molar refractivity (Wildman–Crippen MR) is 137 cm³/mol. The monoisotopic (exact) mass is 570 g/mol. The first-order chi connectivity index (χ1) is 17.6. The van der Waals surface area contributed by atoms with E-state index in [2.05, 4.69) is 15.5 Å². The molecule has 1 N–H and O–H groups in total. The van der Waals surface area contributed by atoms with Crippen LogP contribution in [0.3, 0.4) is 0 Å². The lowest BCUT2D eigenvalue weighted by Gasteiger charge is -2.16. The largest absolute Gasteiger partial charge is 0.481 e. The average molecular weight is 571 g/mol. The van der Waals surface area contributed by atoms with Crippen LogP contribution in [0.5, 0.6) is 5.75 Å². The molecule has 0 aliphatic rings. The Kier molecular flexibility index (Phi) is 9.51. The van der Waals surface area contributed by atoms with Gasteiger partial charge in [0, 0.05) is 6.54 Å². The highest BCUT2D eigenvalue weighted by Gasteiger charge is 2.27. The first kappa shape index (κ1) is 28.4. The molecule has 0 radical (unpaired) electrons. The van der Waals surface area contributed by atoms with Gasteiger partial charge >= 0.3 is 11.9 Å². The summed E-state index contributed by atoms with van der Waals surface area (Å²) >= 11 is 8.12. The fraction of sp³-hybridized carbons (Fsp3) is 0.348. The van der Waals surface area contributed by atoms with Gasteiger partial charge in [-0.15, -0.1) is 21.5 Å². The van der Waals surface area contributed by atoms with E-state index in [0.717, 1.165) is 29.2 Å². The van der Waals surface area contributed by atoms with Crippen molar-refractivity contribution in [1.82, 2.24) is 14.8 Å².